The van der Waals surface area contributed by atoms with E-state index in [0.717, 1.165) is 25.3 Å². The Morgan fingerprint density at radius 2 is 1.77 bits per heavy atom. The van der Waals surface area contributed by atoms with Crippen molar-refractivity contribution >= 4 is 5.91 Å². The number of hydrogen-bond donors (Lipinski definition) is 0. The highest BCUT2D eigenvalue weighted by atomic mass is 16.2. The van der Waals surface area contributed by atoms with Crippen molar-refractivity contribution in [2.75, 3.05) is 20.1 Å². The van der Waals surface area contributed by atoms with Crippen LogP contribution < -0.4 is 0 Å². The third-order valence-corrected chi connectivity index (χ3v) is 9.46. The molecule has 5 rings (SSSR count). The van der Waals surface area contributed by atoms with E-state index in [1.54, 1.807) is 0 Å². The molecule has 4 fully saturated rings. The Morgan fingerprint density at radius 3 is 2.58 bits per heavy atom. The lowest BCUT2D eigenvalue weighted by Crippen LogP contribution is -2.60. The molecule has 1 spiro atoms. The zero-order chi connectivity index (χ0) is 21.3. The summed E-state index contributed by atoms with van der Waals surface area (Å²) in [7, 11) is 2.42. The first-order chi connectivity index (χ1) is 15.2. The second-order valence-electron chi connectivity index (χ2n) is 11.2. The molecule has 2 saturated heterocycles. The van der Waals surface area contributed by atoms with Gasteiger partial charge in [-0.25, -0.2) is 0 Å². The van der Waals surface area contributed by atoms with Gasteiger partial charge < -0.3 is 9.80 Å². The fraction of sp³-hybridized carbons (Fsp3) is 0.750. The molecule has 1 aromatic carbocycles. The van der Waals surface area contributed by atoms with Gasteiger partial charge in [0.1, 0.15) is 0 Å². The number of nitrogens with zero attached hydrogens (tertiary/aromatic N) is 2. The minimum Gasteiger partial charge on any atom is -0.337 e. The smallest absolute Gasteiger partial charge is 0.223 e. The molecule has 31 heavy (non-hydrogen) atoms. The van der Waals surface area contributed by atoms with Gasteiger partial charge in [-0.1, -0.05) is 49.6 Å². The van der Waals surface area contributed by atoms with Crippen molar-refractivity contribution in [2.45, 2.75) is 95.1 Å². The lowest BCUT2D eigenvalue weighted by molar-refractivity contribution is -0.139. The highest BCUT2D eigenvalue weighted by Gasteiger charge is 2.56. The van der Waals surface area contributed by atoms with Crippen molar-refractivity contribution in [2.24, 2.45) is 17.8 Å². The quantitative estimate of drug-likeness (QED) is 0.609. The second kappa shape index (κ2) is 9.25. The second-order valence-corrected chi connectivity index (χ2v) is 11.2. The number of rotatable bonds is 5. The van der Waals surface area contributed by atoms with E-state index in [0.29, 0.717) is 23.8 Å². The van der Waals surface area contributed by atoms with Crippen molar-refractivity contribution in [3.63, 3.8) is 0 Å². The standard InChI is InChI=1S/C28H42N2O/c1-29(21-23-12-6-3-7-13-23)26-16-18-28-17-9-19-30(28)27(31)15-8-14-25(28)24(26)20-22-10-4-2-5-11-22/h2,4-5,10-11,23-26H,3,6-9,12-21H2,1H3/t24-,25+,26+,28-/m1/s1. The summed E-state index contributed by atoms with van der Waals surface area (Å²) in [6, 6.07) is 11.9. The topological polar surface area (TPSA) is 23.6 Å². The summed E-state index contributed by atoms with van der Waals surface area (Å²) < 4.78 is 0. The van der Waals surface area contributed by atoms with Gasteiger partial charge in [0.2, 0.25) is 5.91 Å². The van der Waals surface area contributed by atoms with Gasteiger partial charge in [0, 0.05) is 31.1 Å². The molecule has 1 amide bonds. The minimum absolute atomic E-state index is 0.162. The molecular formula is C28H42N2O. The Bertz CT molecular complexity index is 743. The van der Waals surface area contributed by atoms with Gasteiger partial charge in [-0.2, -0.15) is 0 Å². The Kier molecular flexibility index (Phi) is 6.42. The van der Waals surface area contributed by atoms with E-state index >= 15 is 0 Å². The molecule has 0 unspecified atom stereocenters. The van der Waals surface area contributed by atoms with Crippen LogP contribution in [-0.4, -0.2) is 47.4 Å². The van der Waals surface area contributed by atoms with E-state index in [4.69, 9.17) is 0 Å². The maximum absolute atomic E-state index is 13.0. The van der Waals surface area contributed by atoms with Gasteiger partial charge in [-0.15, -0.1) is 0 Å². The average molecular weight is 423 g/mol. The molecule has 4 atom stereocenters. The van der Waals surface area contributed by atoms with Crippen LogP contribution >= 0.6 is 0 Å². The van der Waals surface area contributed by atoms with Crippen molar-refractivity contribution in [3.8, 4) is 0 Å². The van der Waals surface area contributed by atoms with Gasteiger partial charge in [0.25, 0.3) is 0 Å². The molecule has 170 valence electrons. The van der Waals surface area contributed by atoms with E-state index in [1.165, 1.54) is 82.7 Å². The number of carbonyl (C=O) groups excluding carboxylic acids is 1. The largest absolute Gasteiger partial charge is 0.337 e. The molecule has 3 heteroatoms. The maximum atomic E-state index is 13.0. The van der Waals surface area contributed by atoms with Crippen LogP contribution in [0, 0.1) is 17.8 Å². The molecule has 2 saturated carbocycles. The highest BCUT2D eigenvalue weighted by molar-refractivity contribution is 5.78. The number of amides is 1. The van der Waals surface area contributed by atoms with E-state index in [9.17, 15) is 4.79 Å². The van der Waals surface area contributed by atoms with Gasteiger partial charge in [0.05, 0.1) is 0 Å². The van der Waals surface area contributed by atoms with E-state index in [2.05, 4.69) is 47.2 Å². The summed E-state index contributed by atoms with van der Waals surface area (Å²) in [4.78, 5) is 18.1. The van der Waals surface area contributed by atoms with Crippen molar-refractivity contribution in [3.05, 3.63) is 35.9 Å². The van der Waals surface area contributed by atoms with Crippen LogP contribution in [0.1, 0.15) is 82.6 Å². The molecule has 0 N–H and O–H groups in total. The molecule has 0 aromatic heterocycles. The molecule has 3 nitrogen and oxygen atoms in total. The van der Waals surface area contributed by atoms with Gasteiger partial charge in [0.15, 0.2) is 0 Å². The zero-order valence-electron chi connectivity index (χ0n) is 19.6. The summed E-state index contributed by atoms with van der Waals surface area (Å²) in [5.41, 5.74) is 1.65. The minimum atomic E-state index is 0.162. The summed E-state index contributed by atoms with van der Waals surface area (Å²) in [5.74, 6) is 2.67. The van der Waals surface area contributed by atoms with Crippen LogP contribution in [0.15, 0.2) is 30.3 Å². The first kappa shape index (κ1) is 21.5. The lowest BCUT2D eigenvalue weighted by Gasteiger charge is -2.55. The normalized spacial score (nSPS) is 34.5. The van der Waals surface area contributed by atoms with Crippen LogP contribution in [0.25, 0.3) is 0 Å². The fourth-order valence-corrected chi connectivity index (χ4v) is 8.10. The van der Waals surface area contributed by atoms with Crippen molar-refractivity contribution in [1.29, 1.82) is 0 Å². The number of benzene rings is 1. The predicted molar refractivity (Wildman–Crippen MR) is 127 cm³/mol. The van der Waals surface area contributed by atoms with Gasteiger partial charge >= 0.3 is 0 Å². The Balaban J connectivity index is 1.43. The monoisotopic (exact) mass is 422 g/mol. The van der Waals surface area contributed by atoms with Gasteiger partial charge in [-0.3, -0.25) is 4.79 Å². The Morgan fingerprint density at radius 1 is 0.968 bits per heavy atom. The molecule has 2 aliphatic carbocycles. The van der Waals surface area contributed by atoms with E-state index in [1.807, 2.05) is 0 Å². The molecular weight excluding hydrogens is 380 g/mol. The Labute approximate surface area is 189 Å². The number of hydrogen-bond acceptors (Lipinski definition) is 2. The first-order valence-electron chi connectivity index (χ1n) is 13.2. The molecule has 2 heterocycles. The molecule has 0 bridgehead atoms. The Hall–Kier alpha value is -1.35. The van der Waals surface area contributed by atoms with Crippen molar-refractivity contribution < 1.29 is 4.79 Å². The number of carbonyl (C=O) groups is 1. The molecule has 1 aromatic rings. The van der Waals surface area contributed by atoms with Crippen molar-refractivity contribution in [1.82, 2.24) is 9.80 Å². The van der Waals surface area contributed by atoms with Crippen LogP contribution in [0.3, 0.4) is 0 Å². The maximum Gasteiger partial charge on any atom is 0.223 e. The van der Waals surface area contributed by atoms with Crippen LogP contribution in [0.5, 0.6) is 0 Å². The third-order valence-electron chi connectivity index (χ3n) is 9.46. The summed E-state index contributed by atoms with van der Waals surface area (Å²) in [5, 5.41) is 0. The zero-order valence-corrected chi connectivity index (χ0v) is 19.6. The first-order valence-corrected chi connectivity index (χ1v) is 13.2. The summed E-state index contributed by atoms with van der Waals surface area (Å²) >= 11 is 0. The molecule has 2 aliphatic heterocycles. The fourth-order valence-electron chi connectivity index (χ4n) is 8.10. The van der Waals surface area contributed by atoms with Crippen LogP contribution in [-0.2, 0) is 11.2 Å². The third kappa shape index (κ3) is 4.19. The van der Waals surface area contributed by atoms with Gasteiger partial charge in [-0.05, 0) is 88.2 Å². The van der Waals surface area contributed by atoms with E-state index < -0.39 is 0 Å². The summed E-state index contributed by atoms with van der Waals surface area (Å²) in [6.07, 6.45) is 16.4. The SMILES string of the molecule is CN(CC1CCCCC1)[C@H]1CC[C@@]23CCCN2C(=O)CCC[C@H]3[C@H]1Cc1ccccc1. The molecule has 0 radical (unpaired) electrons. The van der Waals surface area contributed by atoms with Crippen LogP contribution in [0.2, 0.25) is 0 Å². The highest BCUT2D eigenvalue weighted by Crippen LogP contribution is 2.53. The average Bonchev–Trinajstić information content (AvgIpc) is 3.15. The lowest BCUT2D eigenvalue weighted by atomic mass is 9.60. The van der Waals surface area contributed by atoms with Crippen LogP contribution in [0.4, 0.5) is 0 Å². The molecule has 4 aliphatic rings. The predicted octanol–water partition coefficient (Wildman–Crippen LogP) is 5.68. The van der Waals surface area contributed by atoms with E-state index in [-0.39, 0.29) is 5.54 Å². The summed E-state index contributed by atoms with van der Waals surface area (Å²) in [6.45, 7) is 2.29.